The number of nitrogen functional groups attached to an aromatic ring is 1. The molecule has 0 radical (unpaired) electrons. The van der Waals surface area contributed by atoms with E-state index in [2.05, 4.69) is 4.98 Å². The van der Waals surface area contributed by atoms with Gasteiger partial charge in [-0.15, -0.1) is 0 Å². The molecule has 0 saturated heterocycles. The van der Waals surface area contributed by atoms with E-state index in [4.69, 9.17) is 27.2 Å². The van der Waals surface area contributed by atoms with Crippen molar-refractivity contribution in [2.24, 2.45) is 0 Å². The molecule has 0 fully saturated rings. The van der Waals surface area contributed by atoms with E-state index in [1.807, 2.05) is 0 Å². The Balaban J connectivity index is 2.11. The molecular weight excluding hydrogens is 396 g/mol. The van der Waals surface area contributed by atoms with Crippen molar-refractivity contribution in [1.29, 1.82) is 0 Å². The predicted molar refractivity (Wildman–Crippen MR) is 97.8 cm³/mol. The molecule has 0 aliphatic heterocycles. The lowest BCUT2D eigenvalue weighted by Gasteiger charge is -2.11. The van der Waals surface area contributed by atoms with Gasteiger partial charge in [0.15, 0.2) is 17.3 Å². The molecule has 0 aliphatic rings. The molecule has 0 bridgehead atoms. The van der Waals surface area contributed by atoms with Gasteiger partial charge in [-0.3, -0.25) is 9.36 Å². The van der Waals surface area contributed by atoms with Crippen LogP contribution in [0.5, 0.6) is 0 Å². The number of carbonyl (C=O) groups is 2. The first-order valence-electron chi connectivity index (χ1n) is 7.93. The van der Waals surface area contributed by atoms with Crippen LogP contribution in [0.15, 0.2) is 24.4 Å². The van der Waals surface area contributed by atoms with Crippen LogP contribution in [0.2, 0.25) is 5.02 Å². The van der Waals surface area contributed by atoms with Crippen molar-refractivity contribution >= 4 is 40.1 Å². The van der Waals surface area contributed by atoms with E-state index in [0.717, 1.165) is 4.57 Å². The smallest absolute Gasteiger partial charge is 0.356 e. The van der Waals surface area contributed by atoms with Crippen LogP contribution in [0.1, 0.15) is 26.5 Å². The molecule has 0 unspecified atom stereocenters. The lowest BCUT2D eigenvalue weighted by Crippen LogP contribution is -2.16. The molecule has 3 N–H and O–H groups in total. The zero-order valence-electron chi connectivity index (χ0n) is 14.5. The van der Waals surface area contributed by atoms with Gasteiger partial charge < -0.3 is 15.6 Å². The van der Waals surface area contributed by atoms with E-state index in [1.54, 1.807) is 12.1 Å². The fourth-order valence-corrected chi connectivity index (χ4v) is 3.03. The molecule has 1 aromatic carbocycles. The Hall–Kier alpha value is -3.04. The number of anilines is 1. The van der Waals surface area contributed by atoms with Crippen LogP contribution in [0.3, 0.4) is 0 Å². The second-order valence-corrected chi connectivity index (χ2v) is 6.30. The number of methoxy groups -OCH3 is 1. The summed E-state index contributed by atoms with van der Waals surface area (Å²) in [5.74, 6) is -3.77. The number of pyridine rings is 1. The van der Waals surface area contributed by atoms with Gasteiger partial charge in [0, 0.05) is 25.1 Å². The molecule has 2 aromatic heterocycles. The molecule has 0 spiro atoms. The second-order valence-electron chi connectivity index (χ2n) is 5.92. The molecule has 3 rings (SSSR count). The fourth-order valence-electron chi connectivity index (χ4n) is 2.82. The van der Waals surface area contributed by atoms with Crippen LogP contribution in [0, 0.1) is 11.6 Å². The summed E-state index contributed by atoms with van der Waals surface area (Å²) in [5.41, 5.74) is 3.94. The summed E-state index contributed by atoms with van der Waals surface area (Å²) in [4.78, 5) is 27.0. The molecule has 7 nitrogen and oxygen atoms in total. The zero-order valence-corrected chi connectivity index (χ0v) is 15.3. The van der Waals surface area contributed by atoms with Gasteiger partial charge in [0.05, 0.1) is 21.9 Å². The van der Waals surface area contributed by atoms with Crippen molar-refractivity contribution < 1.29 is 28.2 Å². The van der Waals surface area contributed by atoms with Gasteiger partial charge in [-0.1, -0.05) is 23.7 Å². The van der Waals surface area contributed by atoms with Crippen molar-refractivity contribution in [1.82, 2.24) is 9.55 Å². The number of hydrogen-bond donors (Lipinski definition) is 2. The Morgan fingerprint density at radius 2 is 2.00 bits per heavy atom. The Bertz CT molecular complexity index is 1110. The highest BCUT2D eigenvalue weighted by atomic mass is 35.5. The number of aromatic nitrogens is 2. The van der Waals surface area contributed by atoms with Gasteiger partial charge in [-0.2, -0.15) is 0 Å². The van der Waals surface area contributed by atoms with Crippen LogP contribution in [0.25, 0.3) is 10.9 Å². The summed E-state index contributed by atoms with van der Waals surface area (Å²) in [6.45, 7) is -0.251. The number of nitrogens with zero attached hydrogens (tertiary/aromatic N) is 2. The highest BCUT2D eigenvalue weighted by Gasteiger charge is 2.23. The highest BCUT2D eigenvalue weighted by Crippen LogP contribution is 2.30. The molecule has 10 heteroatoms. The van der Waals surface area contributed by atoms with Crippen LogP contribution in [-0.4, -0.2) is 40.3 Å². The summed E-state index contributed by atoms with van der Waals surface area (Å²) in [6.07, 6.45) is 1.01. The third-order valence-electron chi connectivity index (χ3n) is 4.15. The number of rotatable bonds is 5. The number of carboxylic acid groups (broad SMARTS) is 1. The van der Waals surface area contributed by atoms with Gasteiger partial charge in [-0.05, 0) is 11.6 Å². The summed E-state index contributed by atoms with van der Waals surface area (Å²) < 4.78 is 35.4. The number of carbonyl (C=O) groups excluding carboxylic acids is 1. The van der Waals surface area contributed by atoms with Crippen molar-refractivity contribution in [2.45, 2.75) is 6.42 Å². The largest absolute Gasteiger partial charge is 0.476 e. The van der Waals surface area contributed by atoms with E-state index >= 15 is 4.39 Å². The number of fused-ring (bicyclic) bond motifs is 1. The Morgan fingerprint density at radius 1 is 1.29 bits per heavy atom. The first kappa shape index (κ1) is 19.7. The van der Waals surface area contributed by atoms with Crippen molar-refractivity contribution in [3.63, 3.8) is 0 Å². The highest BCUT2D eigenvalue weighted by molar-refractivity contribution is 6.35. The summed E-state index contributed by atoms with van der Waals surface area (Å²) >= 11 is 5.71. The predicted octanol–water partition coefficient (Wildman–Crippen LogP) is 3.13. The molecule has 0 amide bonds. The standard InChI is InChI=1S/C18H14ClF2N3O4/c1-28-7-11(25)24-5-4-8-2-3-9(13(20)17(8)24)6-10-14(21)15(22)12(19)16(23-10)18(26)27/h2-5H,6-7H2,1H3,(H2,22,23)(H,26,27). The molecule has 28 heavy (non-hydrogen) atoms. The van der Waals surface area contributed by atoms with Crippen molar-refractivity contribution in [3.8, 4) is 0 Å². The number of hydrogen-bond acceptors (Lipinski definition) is 5. The first-order valence-corrected chi connectivity index (χ1v) is 8.31. The van der Waals surface area contributed by atoms with Crippen molar-refractivity contribution in [2.75, 3.05) is 19.5 Å². The number of nitrogens with two attached hydrogens (primary N) is 1. The third-order valence-corrected chi connectivity index (χ3v) is 4.53. The first-order chi connectivity index (χ1) is 13.3. The summed E-state index contributed by atoms with van der Waals surface area (Å²) in [7, 11) is 1.34. The monoisotopic (exact) mass is 409 g/mol. The Labute approximate surface area is 162 Å². The minimum absolute atomic E-state index is 0.000326. The lowest BCUT2D eigenvalue weighted by molar-refractivity contribution is 0.0689. The maximum Gasteiger partial charge on any atom is 0.356 e. The van der Waals surface area contributed by atoms with Crippen LogP contribution < -0.4 is 5.73 Å². The van der Waals surface area contributed by atoms with E-state index in [1.165, 1.54) is 19.4 Å². The second kappa shape index (κ2) is 7.53. The maximum atomic E-state index is 15.1. The van der Waals surface area contributed by atoms with E-state index in [9.17, 15) is 14.0 Å². The topological polar surface area (TPSA) is 107 Å². The van der Waals surface area contributed by atoms with E-state index in [0.29, 0.717) is 5.39 Å². The Morgan fingerprint density at radius 3 is 2.64 bits per heavy atom. The Kier molecular flexibility index (Phi) is 5.30. The number of carboxylic acids is 1. The molecule has 0 saturated carbocycles. The van der Waals surface area contributed by atoms with E-state index < -0.39 is 39.9 Å². The van der Waals surface area contributed by atoms with Crippen molar-refractivity contribution in [3.05, 3.63) is 58.0 Å². The number of ether oxygens (including phenoxy) is 1. The van der Waals surface area contributed by atoms with Gasteiger partial charge in [-0.25, -0.2) is 18.6 Å². The zero-order chi connectivity index (χ0) is 20.6. The maximum absolute atomic E-state index is 15.1. The van der Waals surface area contributed by atoms with Gasteiger partial charge in [0.2, 0.25) is 0 Å². The van der Waals surface area contributed by atoms with E-state index in [-0.39, 0.29) is 29.8 Å². The fraction of sp³-hybridized carbons (Fsp3) is 0.167. The normalized spacial score (nSPS) is 11.1. The summed E-state index contributed by atoms with van der Waals surface area (Å²) in [6, 6.07) is 4.51. The molecule has 0 atom stereocenters. The molecule has 3 aromatic rings. The summed E-state index contributed by atoms with van der Waals surface area (Å²) in [5, 5.41) is 9.07. The van der Waals surface area contributed by atoms with Crippen LogP contribution in [-0.2, 0) is 11.2 Å². The lowest BCUT2D eigenvalue weighted by atomic mass is 10.1. The molecule has 0 aliphatic carbocycles. The SMILES string of the molecule is COCC(=O)n1ccc2ccc(Cc3nc(C(=O)O)c(Cl)c(N)c3F)c(F)c21. The van der Waals surface area contributed by atoms with Crippen LogP contribution in [0.4, 0.5) is 14.5 Å². The molecular formula is C18H14ClF2N3O4. The number of halogens is 3. The van der Waals surface area contributed by atoms with Gasteiger partial charge in [0.25, 0.3) is 5.91 Å². The van der Waals surface area contributed by atoms with Gasteiger partial charge >= 0.3 is 5.97 Å². The quantitative estimate of drug-likeness (QED) is 0.670. The van der Waals surface area contributed by atoms with Gasteiger partial charge in [0.1, 0.15) is 6.61 Å². The number of benzene rings is 1. The minimum Gasteiger partial charge on any atom is -0.476 e. The molecule has 2 heterocycles. The number of aromatic carboxylic acids is 1. The average Bonchev–Trinajstić information content (AvgIpc) is 3.09. The minimum atomic E-state index is -1.49. The average molecular weight is 410 g/mol. The third kappa shape index (κ3) is 3.30. The molecule has 146 valence electrons. The van der Waals surface area contributed by atoms with Crippen LogP contribution >= 0.6 is 11.6 Å².